The van der Waals surface area contributed by atoms with Gasteiger partial charge in [0.1, 0.15) is 0 Å². The zero-order valence-corrected chi connectivity index (χ0v) is 16.3. The SMILES string of the molecule is COCCn1c(CN(C)Cc2cc(C)no2)cnc1S(=O)(=O)CC1CC1. The van der Waals surface area contributed by atoms with Gasteiger partial charge in [-0.15, -0.1) is 0 Å². The van der Waals surface area contributed by atoms with Crippen LogP contribution >= 0.6 is 0 Å². The number of rotatable bonds is 10. The van der Waals surface area contributed by atoms with Crippen molar-refractivity contribution in [3.05, 3.63) is 29.4 Å². The van der Waals surface area contributed by atoms with Crippen LogP contribution < -0.4 is 0 Å². The monoisotopic (exact) mass is 382 g/mol. The number of sulfone groups is 1. The molecule has 26 heavy (non-hydrogen) atoms. The molecule has 0 bridgehead atoms. The van der Waals surface area contributed by atoms with E-state index in [9.17, 15) is 8.42 Å². The molecule has 1 aliphatic rings. The molecular formula is C17H26N4O4S. The van der Waals surface area contributed by atoms with Crippen molar-refractivity contribution in [2.45, 2.75) is 44.6 Å². The Morgan fingerprint density at radius 1 is 1.38 bits per heavy atom. The fraction of sp³-hybridized carbons (Fsp3) is 0.647. The zero-order valence-electron chi connectivity index (χ0n) is 15.5. The summed E-state index contributed by atoms with van der Waals surface area (Å²) in [5.41, 5.74) is 1.68. The van der Waals surface area contributed by atoms with Crippen molar-refractivity contribution in [1.82, 2.24) is 19.6 Å². The average Bonchev–Trinajstić information content (AvgIpc) is 3.12. The largest absolute Gasteiger partial charge is 0.383 e. The predicted molar refractivity (Wildman–Crippen MR) is 95.3 cm³/mol. The van der Waals surface area contributed by atoms with E-state index < -0.39 is 9.84 Å². The first-order valence-corrected chi connectivity index (χ1v) is 10.4. The summed E-state index contributed by atoms with van der Waals surface area (Å²) < 4.78 is 37.6. The molecule has 0 unspecified atom stereocenters. The van der Waals surface area contributed by atoms with Crippen molar-refractivity contribution in [2.24, 2.45) is 5.92 Å². The second-order valence-corrected chi connectivity index (χ2v) is 8.94. The highest BCUT2D eigenvalue weighted by molar-refractivity contribution is 7.91. The number of ether oxygens (including phenoxy) is 1. The molecular weight excluding hydrogens is 356 g/mol. The van der Waals surface area contributed by atoms with E-state index in [1.165, 1.54) is 0 Å². The third-order valence-electron chi connectivity index (χ3n) is 4.39. The number of imidazole rings is 1. The van der Waals surface area contributed by atoms with Gasteiger partial charge in [-0.1, -0.05) is 5.16 Å². The van der Waals surface area contributed by atoms with Crippen LogP contribution in [0, 0.1) is 12.8 Å². The van der Waals surface area contributed by atoms with Crippen molar-refractivity contribution >= 4 is 9.84 Å². The Labute approximate surface area is 154 Å². The minimum absolute atomic E-state index is 0.153. The lowest BCUT2D eigenvalue weighted by Gasteiger charge is -2.17. The summed E-state index contributed by atoms with van der Waals surface area (Å²) in [4.78, 5) is 6.28. The number of aromatic nitrogens is 3. The van der Waals surface area contributed by atoms with Crippen LogP contribution in [0.25, 0.3) is 0 Å². The molecule has 0 N–H and O–H groups in total. The molecule has 0 amide bonds. The van der Waals surface area contributed by atoms with Crippen LogP contribution in [0.2, 0.25) is 0 Å². The Balaban J connectivity index is 1.77. The minimum Gasteiger partial charge on any atom is -0.383 e. The van der Waals surface area contributed by atoms with E-state index in [0.29, 0.717) is 26.2 Å². The number of hydrogen-bond acceptors (Lipinski definition) is 7. The molecule has 144 valence electrons. The van der Waals surface area contributed by atoms with E-state index in [2.05, 4.69) is 10.1 Å². The van der Waals surface area contributed by atoms with E-state index >= 15 is 0 Å². The molecule has 2 aromatic rings. The van der Waals surface area contributed by atoms with Gasteiger partial charge < -0.3 is 13.8 Å². The lowest BCUT2D eigenvalue weighted by Crippen LogP contribution is -2.22. The van der Waals surface area contributed by atoms with Crippen LogP contribution in [0.1, 0.15) is 30.0 Å². The maximum absolute atomic E-state index is 12.7. The quantitative estimate of drug-likeness (QED) is 0.617. The van der Waals surface area contributed by atoms with Crippen LogP contribution in [0.5, 0.6) is 0 Å². The highest BCUT2D eigenvalue weighted by atomic mass is 32.2. The molecule has 2 aromatic heterocycles. The fourth-order valence-electron chi connectivity index (χ4n) is 2.95. The summed E-state index contributed by atoms with van der Waals surface area (Å²) in [5, 5.41) is 4.04. The van der Waals surface area contributed by atoms with Gasteiger partial charge in [-0.3, -0.25) is 4.90 Å². The molecule has 0 aromatic carbocycles. The van der Waals surface area contributed by atoms with Gasteiger partial charge in [0.25, 0.3) is 0 Å². The van der Waals surface area contributed by atoms with Gasteiger partial charge in [-0.05, 0) is 32.7 Å². The van der Waals surface area contributed by atoms with Gasteiger partial charge in [-0.2, -0.15) is 0 Å². The number of hydrogen-bond donors (Lipinski definition) is 0. The number of aryl methyl sites for hydroxylation is 1. The molecule has 0 radical (unpaired) electrons. The summed E-state index contributed by atoms with van der Waals surface area (Å²) in [6, 6.07) is 1.89. The predicted octanol–water partition coefficient (Wildman–Crippen LogP) is 1.64. The molecule has 0 aliphatic heterocycles. The van der Waals surface area contributed by atoms with Crippen molar-refractivity contribution in [3.8, 4) is 0 Å². The van der Waals surface area contributed by atoms with Crippen LogP contribution in [0.15, 0.2) is 21.9 Å². The lowest BCUT2D eigenvalue weighted by molar-refractivity contribution is 0.181. The molecule has 8 nitrogen and oxygen atoms in total. The van der Waals surface area contributed by atoms with Gasteiger partial charge in [-0.25, -0.2) is 13.4 Å². The molecule has 9 heteroatoms. The molecule has 0 saturated heterocycles. The fourth-order valence-corrected chi connectivity index (χ4v) is 4.81. The summed E-state index contributed by atoms with van der Waals surface area (Å²) in [6.45, 7) is 3.90. The van der Waals surface area contributed by atoms with Crippen molar-refractivity contribution in [2.75, 3.05) is 26.5 Å². The second-order valence-electron chi connectivity index (χ2n) is 7.01. The Kier molecular flexibility index (Phi) is 5.79. The zero-order chi connectivity index (χ0) is 18.7. The van der Waals surface area contributed by atoms with E-state index in [4.69, 9.17) is 9.26 Å². The van der Waals surface area contributed by atoms with E-state index in [1.54, 1.807) is 17.9 Å². The van der Waals surface area contributed by atoms with E-state index in [0.717, 1.165) is 30.0 Å². The minimum atomic E-state index is -3.38. The normalized spacial score (nSPS) is 15.1. The highest BCUT2D eigenvalue weighted by Crippen LogP contribution is 2.32. The summed E-state index contributed by atoms with van der Waals surface area (Å²) in [5.74, 6) is 1.24. The molecule has 2 heterocycles. The van der Waals surface area contributed by atoms with Gasteiger partial charge in [0.2, 0.25) is 15.0 Å². The van der Waals surface area contributed by atoms with Gasteiger partial charge >= 0.3 is 0 Å². The molecule has 3 rings (SSSR count). The molecule has 0 atom stereocenters. The number of methoxy groups -OCH3 is 1. The van der Waals surface area contributed by atoms with Gasteiger partial charge in [0.15, 0.2) is 5.76 Å². The topological polar surface area (TPSA) is 90.5 Å². The first-order chi connectivity index (χ1) is 12.4. The molecule has 1 saturated carbocycles. The van der Waals surface area contributed by atoms with Crippen molar-refractivity contribution in [3.63, 3.8) is 0 Å². The molecule has 1 aliphatic carbocycles. The maximum Gasteiger partial charge on any atom is 0.227 e. The van der Waals surface area contributed by atoms with Crippen LogP contribution in [0.4, 0.5) is 0 Å². The van der Waals surface area contributed by atoms with Crippen molar-refractivity contribution in [1.29, 1.82) is 0 Å². The second kappa shape index (κ2) is 7.89. The molecule has 1 fully saturated rings. The first-order valence-electron chi connectivity index (χ1n) is 8.76. The van der Waals surface area contributed by atoms with Gasteiger partial charge in [0, 0.05) is 26.3 Å². The summed E-state index contributed by atoms with van der Waals surface area (Å²) in [7, 11) is 0.173. The highest BCUT2D eigenvalue weighted by Gasteiger charge is 2.32. The summed E-state index contributed by atoms with van der Waals surface area (Å²) in [6.07, 6.45) is 3.63. The van der Waals surface area contributed by atoms with Crippen LogP contribution in [0.3, 0.4) is 0 Å². The Bertz CT molecular complexity index is 839. The van der Waals surface area contributed by atoms with Crippen LogP contribution in [-0.4, -0.2) is 54.5 Å². The lowest BCUT2D eigenvalue weighted by atomic mass is 10.3. The Hall–Kier alpha value is -1.71. The van der Waals surface area contributed by atoms with Crippen molar-refractivity contribution < 1.29 is 17.7 Å². The van der Waals surface area contributed by atoms with E-state index in [1.807, 2.05) is 24.9 Å². The maximum atomic E-state index is 12.7. The molecule has 0 spiro atoms. The van der Waals surface area contributed by atoms with Gasteiger partial charge in [0.05, 0.1) is 36.5 Å². The Morgan fingerprint density at radius 3 is 2.77 bits per heavy atom. The third-order valence-corrected chi connectivity index (χ3v) is 6.18. The number of nitrogens with zero attached hydrogens (tertiary/aromatic N) is 4. The third kappa shape index (κ3) is 4.72. The van der Waals surface area contributed by atoms with E-state index in [-0.39, 0.29) is 16.8 Å². The standard InChI is InChI=1S/C17H26N4O4S/c1-13-8-16(25-19-13)11-20(2)10-15-9-18-17(21(15)6-7-24-3)26(22,23)12-14-4-5-14/h8-9,14H,4-7,10-12H2,1-3H3. The first kappa shape index (κ1) is 19.1. The van der Waals surface area contributed by atoms with Crippen LogP contribution in [-0.2, 0) is 34.2 Å². The summed E-state index contributed by atoms with van der Waals surface area (Å²) >= 11 is 0. The smallest absolute Gasteiger partial charge is 0.227 e. The average molecular weight is 382 g/mol. The Morgan fingerprint density at radius 2 is 2.15 bits per heavy atom.